The molecule has 0 nitrogen and oxygen atoms in total. The van der Waals surface area contributed by atoms with Gasteiger partial charge in [-0.3, -0.25) is 0 Å². The summed E-state index contributed by atoms with van der Waals surface area (Å²) in [7, 11) is 0. The molecule has 0 amide bonds. The molecule has 0 aliphatic rings. The fourth-order valence-electron chi connectivity index (χ4n) is 0. The first-order chi connectivity index (χ1) is 0. The van der Waals surface area contributed by atoms with Gasteiger partial charge in [0, 0.05) is 68.4 Å². The van der Waals surface area contributed by atoms with Gasteiger partial charge in [-0.2, -0.15) is 0 Å². The van der Waals surface area contributed by atoms with Crippen molar-refractivity contribution in [3.8, 4) is 0 Å². The smallest absolute Gasteiger partial charge is 0 e. The fraction of sp³-hybridized carbons (Fsp3) is 0. The third kappa shape index (κ3) is 8.98. The van der Waals surface area contributed by atoms with Gasteiger partial charge in [0.05, 0.1) is 0 Å². The van der Waals surface area contributed by atoms with E-state index in [-0.39, 0.29) is 68.4 Å². The molecule has 0 saturated heterocycles. The SMILES string of the molecule is [Cu].[Ni].[Si].[Sn]. The van der Waals surface area contributed by atoms with Crippen molar-refractivity contribution in [2.45, 2.75) is 0 Å². The monoisotopic (exact) mass is 269 g/mol. The molecule has 4 heteroatoms. The van der Waals surface area contributed by atoms with Crippen LogP contribution in [0.5, 0.6) is 0 Å². The maximum atomic E-state index is 0. The van der Waals surface area contributed by atoms with Crippen LogP contribution in [0.1, 0.15) is 0 Å². The first-order valence-electron chi connectivity index (χ1n) is 0. The summed E-state index contributed by atoms with van der Waals surface area (Å²) in [4.78, 5) is 0. The van der Waals surface area contributed by atoms with Gasteiger partial charge in [0.15, 0.2) is 0 Å². The number of hydrogen-bond donors (Lipinski definition) is 0. The van der Waals surface area contributed by atoms with Gasteiger partial charge in [0.1, 0.15) is 0 Å². The predicted octanol–water partition coefficient (Wildman–Crippen LogP) is -0.767. The molecule has 0 aromatic carbocycles. The minimum atomic E-state index is 0. The summed E-state index contributed by atoms with van der Waals surface area (Å²) in [6.45, 7) is 0. The summed E-state index contributed by atoms with van der Waals surface area (Å²) in [5.74, 6) is 0. The van der Waals surface area contributed by atoms with Crippen LogP contribution in [0, 0.1) is 0 Å². The van der Waals surface area contributed by atoms with E-state index in [9.17, 15) is 0 Å². The first kappa shape index (κ1) is 37.0. The van der Waals surface area contributed by atoms with Crippen LogP contribution >= 0.6 is 0 Å². The minimum Gasteiger partial charge on any atom is 0 e. The van der Waals surface area contributed by atoms with Crippen molar-refractivity contribution in [1.29, 1.82) is 0 Å². The van der Waals surface area contributed by atoms with E-state index < -0.39 is 0 Å². The summed E-state index contributed by atoms with van der Waals surface area (Å²) in [6, 6.07) is 0. The van der Waals surface area contributed by atoms with Crippen LogP contribution in [0.2, 0.25) is 0 Å². The molecule has 0 aromatic rings. The van der Waals surface area contributed by atoms with Gasteiger partial charge in [-0.05, 0) is 0 Å². The van der Waals surface area contributed by atoms with Crippen LogP contribution in [0.4, 0.5) is 0 Å². The molecular formula is CuNiSiSn. The Balaban J connectivity index is 0. The number of hydrogen-bond acceptors (Lipinski definition) is 0. The zero-order valence-corrected chi connectivity index (χ0v) is 7.40. The Hall–Kier alpha value is 2.03. The summed E-state index contributed by atoms with van der Waals surface area (Å²) in [5, 5.41) is 0. The van der Waals surface area contributed by atoms with Gasteiger partial charge in [0.25, 0.3) is 0 Å². The Kier molecular flexibility index (Phi) is 184. The van der Waals surface area contributed by atoms with Crippen LogP contribution in [-0.4, -0.2) is 34.9 Å². The first-order valence-corrected chi connectivity index (χ1v) is 0. The molecule has 0 N–H and O–H groups in total. The van der Waals surface area contributed by atoms with Crippen LogP contribution < -0.4 is 0 Å². The van der Waals surface area contributed by atoms with Crippen molar-refractivity contribution in [3.05, 3.63) is 0 Å². The molecule has 0 heterocycles. The average Bonchev–Trinajstić information content (AvgIpc) is 0. The van der Waals surface area contributed by atoms with Crippen molar-refractivity contribution >= 4 is 34.9 Å². The molecule has 0 bridgehead atoms. The zero-order chi connectivity index (χ0) is 0. The van der Waals surface area contributed by atoms with Gasteiger partial charge in [-0.15, -0.1) is 0 Å². The molecule has 0 spiro atoms. The third-order valence-corrected chi connectivity index (χ3v) is 0. The standard InChI is InChI=1S/Cu.Ni.Si.Sn. The van der Waals surface area contributed by atoms with Gasteiger partial charge in [0.2, 0.25) is 0 Å². The van der Waals surface area contributed by atoms with E-state index in [0.717, 1.165) is 0 Å². The fourth-order valence-corrected chi connectivity index (χ4v) is 0. The molecule has 0 aliphatic heterocycles. The Labute approximate surface area is 67.9 Å². The summed E-state index contributed by atoms with van der Waals surface area (Å²) >= 11 is 0. The van der Waals surface area contributed by atoms with Crippen molar-refractivity contribution < 1.29 is 33.6 Å². The van der Waals surface area contributed by atoms with E-state index in [1.54, 1.807) is 0 Å². The van der Waals surface area contributed by atoms with Gasteiger partial charge in [-0.25, -0.2) is 0 Å². The zero-order valence-electron chi connectivity index (χ0n) is 1.62. The van der Waals surface area contributed by atoms with Gasteiger partial charge < -0.3 is 0 Å². The van der Waals surface area contributed by atoms with Crippen LogP contribution in [0.15, 0.2) is 0 Å². The second kappa shape index (κ2) is 19.8. The largest absolute Gasteiger partial charge is 0 e. The van der Waals surface area contributed by atoms with E-state index in [2.05, 4.69) is 0 Å². The Morgan fingerprint density at radius 3 is 1.00 bits per heavy atom. The molecule has 9 radical (unpaired) electrons. The minimum absolute atomic E-state index is 0. The summed E-state index contributed by atoms with van der Waals surface area (Å²) in [5.41, 5.74) is 0. The molecular weight excluding hydrogens is 269 g/mol. The van der Waals surface area contributed by atoms with Crippen LogP contribution in [-0.2, 0) is 33.6 Å². The molecule has 0 fully saturated rings. The molecule has 0 aliphatic carbocycles. The quantitative estimate of drug-likeness (QED) is 0.507. The van der Waals surface area contributed by atoms with E-state index in [1.165, 1.54) is 0 Å². The van der Waals surface area contributed by atoms with E-state index in [4.69, 9.17) is 0 Å². The summed E-state index contributed by atoms with van der Waals surface area (Å²) in [6.07, 6.45) is 0. The van der Waals surface area contributed by atoms with Crippen molar-refractivity contribution in [2.75, 3.05) is 0 Å². The maximum Gasteiger partial charge on any atom is 0 e. The van der Waals surface area contributed by atoms with Gasteiger partial charge >= 0.3 is 0 Å². The molecule has 0 unspecified atom stereocenters. The Bertz CT molecular complexity index is 8.00. The van der Waals surface area contributed by atoms with E-state index in [1.807, 2.05) is 0 Å². The molecule has 4 heavy (non-hydrogen) atoms. The topological polar surface area (TPSA) is 0 Å². The third-order valence-electron chi connectivity index (χ3n) is 0. The van der Waals surface area contributed by atoms with E-state index in [0.29, 0.717) is 0 Å². The Morgan fingerprint density at radius 2 is 1.00 bits per heavy atom. The molecule has 0 aromatic heterocycles. The van der Waals surface area contributed by atoms with Crippen LogP contribution in [0.25, 0.3) is 0 Å². The normalized spacial score (nSPS) is 0. The molecule has 29 valence electrons. The second-order valence-electron chi connectivity index (χ2n) is 0. The van der Waals surface area contributed by atoms with Crippen molar-refractivity contribution in [2.24, 2.45) is 0 Å². The molecule has 0 saturated carbocycles. The van der Waals surface area contributed by atoms with E-state index >= 15 is 0 Å². The van der Waals surface area contributed by atoms with Crippen molar-refractivity contribution in [1.82, 2.24) is 0 Å². The van der Waals surface area contributed by atoms with Crippen molar-refractivity contribution in [3.63, 3.8) is 0 Å². The molecule has 0 atom stereocenters. The average molecular weight is 269 g/mol. The van der Waals surface area contributed by atoms with Gasteiger partial charge in [-0.1, -0.05) is 0 Å². The molecule has 0 rings (SSSR count). The maximum absolute atomic E-state index is 0. The second-order valence-corrected chi connectivity index (χ2v) is 0. The predicted molar refractivity (Wildman–Crippen MR) is 11.5 cm³/mol. The van der Waals surface area contributed by atoms with Crippen LogP contribution in [0.3, 0.4) is 0 Å². The number of rotatable bonds is 0. The Morgan fingerprint density at radius 1 is 1.00 bits per heavy atom. The summed E-state index contributed by atoms with van der Waals surface area (Å²) < 4.78 is 0.